The molecule has 0 radical (unpaired) electrons. The molecular formula is C24H29ClN2OS. The Hall–Kier alpha value is -1.04. The van der Waals surface area contributed by atoms with Crippen LogP contribution >= 0.6 is 23.4 Å². The maximum atomic E-state index is 9.19. The quantitative estimate of drug-likeness (QED) is 0.770. The van der Waals surface area contributed by atoms with Gasteiger partial charge in [0, 0.05) is 59.0 Å². The molecule has 1 saturated carbocycles. The van der Waals surface area contributed by atoms with Crippen molar-refractivity contribution >= 4 is 23.4 Å². The molecule has 1 N–H and O–H groups in total. The standard InChI is InChI=1S/C24H29ClN2OS/c25-18-5-6-23-21(17-18)24(20-3-1-2-4-22(20)29-23)9-7-19(8-10-24)27-13-11-26(12-14-27)15-16-28/h1-6,17,19,28H,7-16H2. The minimum Gasteiger partial charge on any atom is -0.395 e. The molecule has 0 atom stereocenters. The van der Waals surface area contributed by atoms with Gasteiger partial charge in [-0.05, 0) is 61.1 Å². The molecule has 0 aromatic heterocycles. The maximum Gasteiger partial charge on any atom is 0.0558 e. The first kappa shape index (κ1) is 19.9. The van der Waals surface area contributed by atoms with Crippen LogP contribution in [0.1, 0.15) is 36.8 Å². The number of aliphatic hydroxyl groups is 1. The highest BCUT2D eigenvalue weighted by Gasteiger charge is 2.44. The van der Waals surface area contributed by atoms with E-state index in [1.54, 1.807) is 0 Å². The predicted molar refractivity (Wildman–Crippen MR) is 120 cm³/mol. The van der Waals surface area contributed by atoms with E-state index in [1.165, 1.54) is 46.6 Å². The summed E-state index contributed by atoms with van der Waals surface area (Å²) < 4.78 is 0. The average Bonchev–Trinajstić information content (AvgIpc) is 2.76. The van der Waals surface area contributed by atoms with Gasteiger partial charge in [-0.3, -0.25) is 9.80 Å². The smallest absolute Gasteiger partial charge is 0.0558 e. The van der Waals surface area contributed by atoms with E-state index in [0.29, 0.717) is 6.04 Å². The molecule has 1 spiro atoms. The van der Waals surface area contributed by atoms with E-state index in [0.717, 1.165) is 37.7 Å². The fourth-order valence-corrected chi connectivity index (χ4v) is 7.10. The third-order valence-electron chi connectivity index (χ3n) is 7.23. The summed E-state index contributed by atoms with van der Waals surface area (Å²) in [6, 6.07) is 16.2. The largest absolute Gasteiger partial charge is 0.395 e. The number of benzene rings is 2. The van der Waals surface area contributed by atoms with Gasteiger partial charge in [0.2, 0.25) is 0 Å². The summed E-state index contributed by atoms with van der Waals surface area (Å²) in [4.78, 5) is 7.87. The highest BCUT2D eigenvalue weighted by atomic mass is 35.5. The van der Waals surface area contributed by atoms with Crippen LogP contribution in [0.5, 0.6) is 0 Å². The van der Waals surface area contributed by atoms with Crippen LogP contribution in [0.4, 0.5) is 0 Å². The zero-order valence-corrected chi connectivity index (χ0v) is 18.4. The summed E-state index contributed by atoms with van der Waals surface area (Å²) in [6.45, 7) is 5.51. The van der Waals surface area contributed by atoms with E-state index in [4.69, 9.17) is 11.6 Å². The maximum absolute atomic E-state index is 9.19. The summed E-state index contributed by atoms with van der Waals surface area (Å²) >= 11 is 8.35. The van der Waals surface area contributed by atoms with E-state index in [-0.39, 0.29) is 12.0 Å². The topological polar surface area (TPSA) is 26.7 Å². The molecule has 3 nitrogen and oxygen atoms in total. The van der Waals surface area contributed by atoms with Gasteiger partial charge in [-0.1, -0.05) is 41.6 Å². The lowest BCUT2D eigenvalue weighted by atomic mass is 9.64. The van der Waals surface area contributed by atoms with Gasteiger partial charge in [-0.25, -0.2) is 0 Å². The van der Waals surface area contributed by atoms with Crippen molar-refractivity contribution in [1.82, 2.24) is 9.80 Å². The second-order valence-corrected chi connectivity index (χ2v) is 10.2. The second kappa shape index (κ2) is 8.24. The summed E-state index contributed by atoms with van der Waals surface area (Å²) in [5, 5.41) is 10.0. The Bertz CT molecular complexity index is 873. The van der Waals surface area contributed by atoms with E-state index < -0.39 is 0 Å². The Morgan fingerprint density at radius 2 is 1.69 bits per heavy atom. The number of aliphatic hydroxyl groups excluding tert-OH is 1. The third kappa shape index (κ3) is 3.64. The molecule has 1 aliphatic carbocycles. The van der Waals surface area contributed by atoms with Crippen molar-refractivity contribution in [2.75, 3.05) is 39.3 Å². The molecule has 2 aromatic carbocycles. The van der Waals surface area contributed by atoms with Gasteiger partial charge in [0.05, 0.1) is 6.61 Å². The number of piperazine rings is 1. The molecule has 3 aliphatic rings. The van der Waals surface area contributed by atoms with Crippen LogP contribution in [0.25, 0.3) is 0 Å². The molecule has 29 heavy (non-hydrogen) atoms. The Morgan fingerprint density at radius 3 is 2.45 bits per heavy atom. The average molecular weight is 429 g/mol. The minimum absolute atomic E-state index is 0.108. The van der Waals surface area contributed by atoms with Crippen molar-refractivity contribution in [2.45, 2.75) is 46.9 Å². The van der Waals surface area contributed by atoms with Gasteiger partial charge < -0.3 is 5.11 Å². The Balaban J connectivity index is 1.38. The molecule has 2 aliphatic heterocycles. The summed E-state index contributed by atoms with van der Waals surface area (Å²) in [6.07, 6.45) is 4.87. The first-order valence-electron chi connectivity index (χ1n) is 10.8. The van der Waals surface area contributed by atoms with Crippen molar-refractivity contribution in [1.29, 1.82) is 0 Å². The van der Waals surface area contributed by atoms with Gasteiger partial charge in [0.25, 0.3) is 0 Å². The molecule has 0 unspecified atom stereocenters. The van der Waals surface area contributed by atoms with Crippen molar-refractivity contribution in [2.24, 2.45) is 0 Å². The SMILES string of the molecule is OCCN1CCN(C2CCC3(CC2)c2ccccc2Sc2ccc(Cl)cc23)CC1. The van der Waals surface area contributed by atoms with Crippen molar-refractivity contribution in [3.05, 3.63) is 58.6 Å². The number of hydrogen-bond donors (Lipinski definition) is 1. The Labute approximate surface area is 183 Å². The monoisotopic (exact) mass is 428 g/mol. The van der Waals surface area contributed by atoms with E-state index in [9.17, 15) is 5.11 Å². The van der Waals surface area contributed by atoms with Crippen LogP contribution in [0.15, 0.2) is 52.3 Å². The fourth-order valence-electron chi connectivity index (χ4n) is 5.67. The molecule has 0 amide bonds. The van der Waals surface area contributed by atoms with Gasteiger partial charge >= 0.3 is 0 Å². The normalized spacial score (nSPS) is 27.6. The first-order chi connectivity index (χ1) is 14.2. The zero-order valence-electron chi connectivity index (χ0n) is 16.8. The van der Waals surface area contributed by atoms with Gasteiger partial charge in [0.1, 0.15) is 0 Å². The summed E-state index contributed by atoms with van der Waals surface area (Å²) in [7, 11) is 0. The van der Waals surface area contributed by atoms with Gasteiger partial charge in [0.15, 0.2) is 0 Å². The number of fused-ring (bicyclic) bond motifs is 4. The first-order valence-corrected chi connectivity index (χ1v) is 12.0. The van der Waals surface area contributed by atoms with Gasteiger partial charge in [-0.15, -0.1) is 0 Å². The molecule has 1 saturated heterocycles. The van der Waals surface area contributed by atoms with Crippen molar-refractivity contribution in [3.8, 4) is 0 Å². The number of halogens is 1. The summed E-state index contributed by atoms with van der Waals surface area (Å²) in [5.41, 5.74) is 3.06. The molecule has 2 fully saturated rings. The fraction of sp³-hybridized carbons (Fsp3) is 0.500. The molecule has 154 valence electrons. The highest BCUT2D eigenvalue weighted by Crippen LogP contribution is 2.56. The van der Waals surface area contributed by atoms with Crippen molar-refractivity contribution < 1.29 is 5.11 Å². The Morgan fingerprint density at radius 1 is 0.966 bits per heavy atom. The number of hydrogen-bond acceptors (Lipinski definition) is 4. The van der Waals surface area contributed by atoms with Crippen LogP contribution in [0.2, 0.25) is 5.02 Å². The lowest BCUT2D eigenvalue weighted by Gasteiger charge is -2.48. The molecular weight excluding hydrogens is 400 g/mol. The van der Waals surface area contributed by atoms with E-state index >= 15 is 0 Å². The number of β-amino-alcohol motifs (C(OH)–C–C–N with tert-alkyl or cyclic N) is 1. The Kier molecular flexibility index (Phi) is 5.65. The highest BCUT2D eigenvalue weighted by molar-refractivity contribution is 7.99. The van der Waals surface area contributed by atoms with Crippen molar-refractivity contribution in [3.63, 3.8) is 0 Å². The van der Waals surface area contributed by atoms with Crippen LogP contribution in [-0.2, 0) is 5.41 Å². The lowest BCUT2D eigenvalue weighted by Crippen LogP contribution is -2.52. The van der Waals surface area contributed by atoms with Gasteiger partial charge in [-0.2, -0.15) is 0 Å². The molecule has 2 aromatic rings. The summed E-state index contributed by atoms with van der Waals surface area (Å²) in [5.74, 6) is 0. The molecule has 2 heterocycles. The second-order valence-electron chi connectivity index (χ2n) is 8.65. The lowest BCUT2D eigenvalue weighted by molar-refractivity contribution is 0.0612. The zero-order chi connectivity index (χ0) is 19.8. The predicted octanol–water partition coefficient (Wildman–Crippen LogP) is 4.64. The van der Waals surface area contributed by atoms with Crippen LogP contribution in [-0.4, -0.2) is 60.3 Å². The third-order valence-corrected chi connectivity index (χ3v) is 8.61. The number of nitrogens with zero attached hydrogens (tertiary/aromatic N) is 2. The molecule has 5 heteroatoms. The molecule has 0 bridgehead atoms. The molecule has 5 rings (SSSR count). The van der Waals surface area contributed by atoms with E-state index in [2.05, 4.69) is 46.2 Å². The van der Waals surface area contributed by atoms with Crippen LogP contribution in [0.3, 0.4) is 0 Å². The van der Waals surface area contributed by atoms with Crippen LogP contribution < -0.4 is 0 Å². The number of rotatable bonds is 3. The van der Waals surface area contributed by atoms with E-state index in [1.807, 2.05) is 17.8 Å². The van der Waals surface area contributed by atoms with Crippen LogP contribution in [0, 0.1) is 0 Å². The minimum atomic E-state index is 0.108.